The van der Waals surface area contributed by atoms with Crippen molar-refractivity contribution in [2.45, 2.75) is 0 Å². The molecule has 0 aromatic heterocycles. The van der Waals surface area contributed by atoms with Gasteiger partial charge in [0.15, 0.2) is 0 Å². The Balaban J connectivity index is 0. The van der Waals surface area contributed by atoms with Crippen molar-refractivity contribution in [3.8, 4) is 0 Å². The van der Waals surface area contributed by atoms with Crippen molar-refractivity contribution in [3.63, 3.8) is 0 Å². The summed E-state index contributed by atoms with van der Waals surface area (Å²) in [6.45, 7) is 0. The minimum Gasteiger partial charge on any atom is -0.412 e. The summed E-state index contributed by atoms with van der Waals surface area (Å²) < 4.78 is 9.39. The zero-order valence-electron chi connectivity index (χ0n) is 3.25. The zero-order chi connectivity index (χ0) is 4.50. The van der Waals surface area contributed by atoms with Crippen molar-refractivity contribution >= 4 is 22.1 Å². The van der Waals surface area contributed by atoms with Crippen LogP contribution in [0.5, 0.6) is 0 Å². The molecule has 0 spiro atoms. The molecule has 38 valence electrons. The van der Waals surface area contributed by atoms with E-state index in [9.17, 15) is 4.57 Å². The first-order chi connectivity index (χ1) is 2.00. The van der Waals surface area contributed by atoms with Crippen LogP contribution >= 0.6 is 6.24 Å². The predicted octanol–water partition coefficient (Wildman–Crippen LogP) is -2.11. The first-order valence-corrected chi connectivity index (χ1v) is 5.77. The molecule has 6 heteroatoms. The van der Waals surface area contributed by atoms with Crippen molar-refractivity contribution in [1.82, 2.24) is 0 Å². The Bertz CT molecular complexity index is 53.7. The normalized spacial score (nSPS) is 9.67. The van der Waals surface area contributed by atoms with Gasteiger partial charge in [0.2, 0.25) is 6.24 Å². The fourth-order valence-corrected chi connectivity index (χ4v) is 0. The summed E-state index contributed by atoms with van der Waals surface area (Å²) in [5.74, 6) is 0. The van der Waals surface area contributed by atoms with Gasteiger partial charge in [-0.3, -0.25) is 4.57 Å². The highest BCUT2D eigenvalue weighted by atomic mass is 31.4. The van der Waals surface area contributed by atoms with Crippen LogP contribution in [0.15, 0.2) is 0 Å². The minimum absolute atomic E-state index is 0. The summed E-state index contributed by atoms with van der Waals surface area (Å²) in [7, 11) is 0. The SMILES string of the molecule is O.O=[P](O)(O)[AlH2]. The quantitative estimate of drug-likeness (QED) is 0.289. The first-order valence-electron chi connectivity index (χ1n) is 1.03. The Kier molecular flexibility index (Phi) is 4.51. The molecule has 0 aliphatic heterocycles. The lowest BCUT2D eigenvalue weighted by atomic mass is 15.8. The van der Waals surface area contributed by atoms with E-state index in [2.05, 4.69) is 0 Å². The lowest BCUT2D eigenvalue weighted by Crippen LogP contribution is -1.67. The molecule has 0 amide bonds. The topological polar surface area (TPSA) is 89.0 Å². The van der Waals surface area contributed by atoms with Crippen molar-refractivity contribution in [2.75, 3.05) is 0 Å². The monoisotopic (exact) mass is 128 g/mol. The Morgan fingerprint density at radius 1 is 1.50 bits per heavy atom. The fraction of sp³-hybridized carbons (Fsp3) is 0. The molecule has 0 saturated carbocycles. The second kappa shape index (κ2) is 2.76. The maximum atomic E-state index is 9.39. The van der Waals surface area contributed by atoms with Crippen LogP contribution in [-0.4, -0.2) is 31.1 Å². The molecule has 0 aromatic rings. The second-order valence-electron chi connectivity index (χ2n) is 0.835. The van der Waals surface area contributed by atoms with Gasteiger partial charge in [-0.2, -0.15) is 0 Å². The fourth-order valence-electron chi connectivity index (χ4n) is 0. The Morgan fingerprint density at radius 2 is 1.50 bits per heavy atom. The van der Waals surface area contributed by atoms with E-state index in [1.165, 1.54) is 0 Å². The van der Waals surface area contributed by atoms with Crippen molar-refractivity contribution in [3.05, 3.63) is 0 Å². The van der Waals surface area contributed by atoms with Gasteiger partial charge < -0.3 is 15.3 Å². The predicted molar refractivity (Wildman–Crippen MR) is 24.2 cm³/mol. The summed E-state index contributed by atoms with van der Waals surface area (Å²) in [5, 5.41) is 0. The molecule has 0 saturated heterocycles. The molecule has 4 N–H and O–H groups in total. The zero-order valence-corrected chi connectivity index (χ0v) is 6.14. The van der Waals surface area contributed by atoms with Crippen LogP contribution in [0.3, 0.4) is 0 Å². The third-order valence-electron chi connectivity index (χ3n) is 0. The van der Waals surface area contributed by atoms with E-state index >= 15 is 0 Å². The highest BCUT2D eigenvalue weighted by molar-refractivity contribution is 7.77. The van der Waals surface area contributed by atoms with Crippen LogP contribution < -0.4 is 0 Å². The molecule has 0 heterocycles. The largest absolute Gasteiger partial charge is 0.412 e. The van der Waals surface area contributed by atoms with Crippen LogP contribution in [0, 0.1) is 0 Å². The molecule has 0 unspecified atom stereocenters. The molecule has 4 nitrogen and oxygen atoms in total. The molecule has 6 heavy (non-hydrogen) atoms. The third kappa shape index (κ3) is 149. The maximum Gasteiger partial charge on any atom is 0.403 e. The molecule has 0 aromatic carbocycles. The highest BCUT2D eigenvalue weighted by Gasteiger charge is 1.95. The lowest BCUT2D eigenvalue weighted by molar-refractivity contribution is 0.395. The summed E-state index contributed by atoms with van der Waals surface area (Å²) >= 11 is -0.0255. The van der Waals surface area contributed by atoms with E-state index in [1.54, 1.807) is 0 Å². The van der Waals surface area contributed by atoms with Gasteiger partial charge in [-0.15, -0.1) is 0 Å². The smallest absolute Gasteiger partial charge is 0.403 e. The summed E-state index contributed by atoms with van der Waals surface area (Å²) in [6, 6.07) is 0. The Morgan fingerprint density at radius 3 is 1.50 bits per heavy atom. The molecule has 0 rings (SSSR count). The van der Waals surface area contributed by atoms with Gasteiger partial charge in [-0.25, -0.2) is 0 Å². The molecule has 0 aliphatic carbocycles. The van der Waals surface area contributed by atoms with Crippen LogP contribution in [-0.2, 0) is 4.57 Å². The average molecular weight is 128 g/mol. The lowest BCUT2D eigenvalue weighted by Gasteiger charge is -1.86. The molecule has 0 radical (unpaired) electrons. The van der Waals surface area contributed by atoms with E-state index in [0.717, 1.165) is 0 Å². The van der Waals surface area contributed by atoms with Crippen LogP contribution in [0.2, 0.25) is 0 Å². The van der Waals surface area contributed by atoms with Gasteiger partial charge in [0.1, 0.15) is 0 Å². The van der Waals surface area contributed by atoms with Crippen LogP contribution in [0.1, 0.15) is 0 Å². The molecular weight excluding hydrogens is 122 g/mol. The molecular formula is H6AlO4P. The standard InChI is InChI=1S/Al.HO3P.H2O.2H/c;1-4(2)3;;;/h;(H-,1,2,3);1H2;;/q-1;;;;/p+1. The maximum absolute atomic E-state index is 9.39. The highest BCUT2D eigenvalue weighted by Crippen LogP contribution is 2.24. The van der Waals surface area contributed by atoms with Crippen molar-refractivity contribution in [1.29, 1.82) is 0 Å². The van der Waals surface area contributed by atoms with E-state index in [4.69, 9.17) is 9.79 Å². The second-order valence-corrected chi connectivity index (χ2v) is 6.00. The van der Waals surface area contributed by atoms with Gasteiger partial charge in [0, 0.05) is 0 Å². The van der Waals surface area contributed by atoms with E-state index < -0.39 is 6.24 Å². The van der Waals surface area contributed by atoms with Gasteiger partial charge >= 0.3 is 15.8 Å². The summed E-state index contributed by atoms with van der Waals surface area (Å²) in [5.41, 5.74) is 0. The molecule has 0 aliphatic rings. The average Bonchev–Trinajstić information content (AvgIpc) is 0.722. The number of rotatable bonds is 0. The Hall–Kier alpha value is 0.642. The van der Waals surface area contributed by atoms with Gasteiger partial charge in [0.05, 0.1) is 0 Å². The summed E-state index contributed by atoms with van der Waals surface area (Å²) in [6.07, 6.45) is -3.50. The number of hydrogen-bond acceptors (Lipinski definition) is 1. The van der Waals surface area contributed by atoms with Crippen molar-refractivity contribution in [2.24, 2.45) is 0 Å². The third-order valence-corrected chi connectivity index (χ3v) is 0. The summed E-state index contributed by atoms with van der Waals surface area (Å²) in [4.78, 5) is 15.4. The first kappa shape index (κ1) is 9.81. The molecule has 0 fully saturated rings. The van der Waals surface area contributed by atoms with Crippen molar-refractivity contribution < 1.29 is 19.8 Å². The van der Waals surface area contributed by atoms with Crippen LogP contribution in [0.4, 0.5) is 0 Å². The van der Waals surface area contributed by atoms with Gasteiger partial charge in [-0.05, 0) is 0 Å². The van der Waals surface area contributed by atoms with Gasteiger partial charge in [0.25, 0.3) is 0 Å². The molecule has 0 atom stereocenters. The van der Waals surface area contributed by atoms with Crippen LogP contribution in [0.25, 0.3) is 0 Å². The minimum atomic E-state index is -3.50. The molecule has 0 bridgehead atoms. The number of hydrogen-bond donors (Lipinski definition) is 2. The van der Waals surface area contributed by atoms with E-state index in [-0.39, 0.29) is 21.3 Å². The van der Waals surface area contributed by atoms with Gasteiger partial charge in [-0.1, -0.05) is 0 Å². The Labute approximate surface area is 42.7 Å². The van der Waals surface area contributed by atoms with E-state index in [1.807, 2.05) is 0 Å². The van der Waals surface area contributed by atoms with E-state index in [0.29, 0.717) is 0 Å².